The van der Waals surface area contributed by atoms with Crippen LogP contribution in [0.15, 0.2) is 29.2 Å². The van der Waals surface area contributed by atoms with Gasteiger partial charge in [-0.3, -0.25) is 9.00 Å². The van der Waals surface area contributed by atoms with E-state index in [0.29, 0.717) is 17.0 Å². The Morgan fingerprint density at radius 1 is 1.39 bits per heavy atom. The van der Waals surface area contributed by atoms with Gasteiger partial charge in [-0.1, -0.05) is 0 Å². The number of benzene rings is 1. The minimum atomic E-state index is -1.02. The standard InChI is InChI=1S/C13H17NO3S/c1-18(17)11-4-2-10(3-5-11)12(16)14-8-13(9-15)6-7-13/h2-5,15H,6-9H2,1H3,(H,14,16). The number of rotatable bonds is 5. The zero-order chi connectivity index (χ0) is 13.2. The van der Waals surface area contributed by atoms with Gasteiger partial charge in [0.1, 0.15) is 0 Å². The Morgan fingerprint density at radius 2 is 2.00 bits per heavy atom. The van der Waals surface area contributed by atoms with Crippen LogP contribution >= 0.6 is 0 Å². The first-order valence-corrected chi connectivity index (χ1v) is 7.45. The summed E-state index contributed by atoms with van der Waals surface area (Å²) in [5.41, 5.74) is 0.471. The first-order valence-electron chi connectivity index (χ1n) is 5.89. The summed E-state index contributed by atoms with van der Waals surface area (Å²) in [6.45, 7) is 0.644. The highest BCUT2D eigenvalue weighted by molar-refractivity contribution is 7.84. The third-order valence-corrected chi connectivity index (χ3v) is 4.30. The van der Waals surface area contributed by atoms with Crippen LogP contribution in [0.4, 0.5) is 0 Å². The Bertz CT molecular complexity index is 466. The first kappa shape index (κ1) is 13.2. The van der Waals surface area contributed by atoms with Crippen LogP contribution in [0.1, 0.15) is 23.2 Å². The predicted molar refractivity (Wildman–Crippen MR) is 69.9 cm³/mol. The summed E-state index contributed by atoms with van der Waals surface area (Å²) in [6, 6.07) is 6.74. The number of carbonyl (C=O) groups excluding carboxylic acids is 1. The third-order valence-electron chi connectivity index (χ3n) is 3.36. The van der Waals surface area contributed by atoms with Crippen molar-refractivity contribution in [3.8, 4) is 0 Å². The molecule has 98 valence electrons. The van der Waals surface area contributed by atoms with E-state index in [0.717, 1.165) is 12.8 Å². The molecule has 1 atom stereocenters. The van der Waals surface area contributed by atoms with Gasteiger partial charge < -0.3 is 10.4 Å². The number of nitrogens with one attached hydrogen (secondary N) is 1. The van der Waals surface area contributed by atoms with Gasteiger partial charge in [-0.15, -0.1) is 0 Å². The molecule has 1 saturated carbocycles. The van der Waals surface area contributed by atoms with E-state index in [1.807, 2.05) is 0 Å². The summed E-state index contributed by atoms with van der Waals surface area (Å²) in [5.74, 6) is -0.150. The summed E-state index contributed by atoms with van der Waals surface area (Å²) in [4.78, 5) is 12.6. The molecule has 0 heterocycles. The van der Waals surface area contributed by atoms with Crippen molar-refractivity contribution >= 4 is 16.7 Å². The quantitative estimate of drug-likeness (QED) is 0.834. The van der Waals surface area contributed by atoms with Gasteiger partial charge in [0, 0.05) is 39.5 Å². The maximum absolute atomic E-state index is 11.8. The summed E-state index contributed by atoms with van der Waals surface area (Å²) < 4.78 is 11.2. The third kappa shape index (κ3) is 2.97. The van der Waals surface area contributed by atoms with Crippen LogP contribution in [0.2, 0.25) is 0 Å². The summed E-state index contributed by atoms with van der Waals surface area (Å²) >= 11 is 0. The molecule has 1 amide bonds. The number of hydrogen-bond acceptors (Lipinski definition) is 3. The molecule has 0 radical (unpaired) electrons. The van der Waals surface area contributed by atoms with Gasteiger partial charge in [0.25, 0.3) is 5.91 Å². The van der Waals surface area contributed by atoms with Crippen LogP contribution in [0.25, 0.3) is 0 Å². The van der Waals surface area contributed by atoms with E-state index in [1.165, 1.54) is 0 Å². The normalized spacial score (nSPS) is 18.1. The van der Waals surface area contributed by atoms with Crippen LogP contribution in [-0.2, 0) is 10.8 Å². The van der Waals surface area contributed by atoms with Crippen LogP contribution in [0, 0.1) is 5.41 Å². The van der Waals surface area contributed by atoms with Crippen molar-refractivity contribution in [3.05, 3.63) is 29.8 Å². The fourth-order valence-electron chi connectivity index (χ4n) is 1.74. The van der Waals surface area contributed by atoms with Crippen molar-refractivity contribution in [2.24, 2.45) is 5.41 Å². The van der Waals surface area contributed by atoms with Gasteiger partial charge in [-0.25, -0.2) is 0 Å². The molecule has 1 aromatic carbocycles. The molecule has 0 bridgehead atoms. The lowest BCUT2D eigenvalue weighted by Crippen LogP contribution is -2.31. The maximum atomic E-state index is 11.8. The van der Waals surface area contributed by atoms with Crippen LogP contribution in [0.5, 0.6) is 0 Å². The summed E-state index contributed by atoms with van der Waals surface area (Å²) in [5, 5.41) is 12.0. The fraction of sp³-hybridized carbons (Fsp3) is 0.462. The van der Waals surface area contributed by atoms with E-state index in [4.69, 9.17) is 5.11 Å². The van der Waals surface area contributed by atoms with Crippen molar-refractivity contribution in [1.29, 1.82) is 0 Å². The molecular weight excluding hydrogens is 250 g/mol. The molecule has 2 rings (SSSR count). The molecule has 0 aliphatic heterocycles. The number of amides is 1. The molecule has 1 unspecified atom stereocenters. The highest BCUT2D eigenvalue weighted by Crippen LogP contribution is 2.44. The molecule has 0 spiro atoms. The van der Waals surface area contributed by atoms with E-state index in [2.05, 4.69) is 5.32 Å². The Balaban J connectivity index is 1.94. The lowest BCUT2D eigenvalue weighted by atomic mass is 10.1. The second-order valence-corrected chi connectivity index (χ2v) is 6.20. The fourth-order valence-corrected chi connectivity index (χ4v) is 2.25. The Hall–Kier alpha value is -1.20. The van der Waals surface area contributed by atoms with Gasteiger partial charge in [-0.2, -0.15) is 0 Å². The molecule has 1 aromatic rings. The number of carbonyl (C=O) groups is 1. The van der Waals surface area contributed by atoms with Gasteiger partial charge in [-0.05, 0) is 37.1 Å². The van der Waals surface area contributed by atoms with E-state index in [9.17, 15) is 9.00 Å². The van der Waals surface area contributed by atoms with E-state index < -0.39 is 10.8 Å². The topological polar surface area (TPSA) is 66.4 Å². The average molecular weight is 267 g/mol. The van der Waals surface area contributed by atoms with Crippen LogP contribution < -0.4 is 5.32 Å². The highest BCUT2D eigenvalue weighted by Gasteiger charge is 2.42. The molecule has 0 saturated heterocycles. The van der Waals surface area contributed by atoms with Crippen molar-refractivity contribution in [1.82, 2.24) is 5.32 Å². The molecule has 1 aliphatic rings. The SMILES string of the molecule is CS(=O)c1ccc(C(=O)NCC2(CO)CC2)cc1. The second-order valence-electron chi connectivity index (χ2n) is 4.82. The lowest BCUT2D eigenvalue weighted by molar-refractivity contribution is 0.0935. The molecule has 2 N–H and O–H groups in total. The Kier molecular flexibility index (Phi) is 3.82. The zero-order valence-corrected chi connectivity index (χ0v) is 11.1. The van der Waals surface area contributed by atoms with Gasteiger partial charge in [0.2, 0.25) is 0 Å². The molecule has 0 aromatic heterocycles. The average Bonchev–Trinajstić information content (AvgIpc) is 3.17. The smallest absolute Gasteiger partial charge is 0.251 e. The van der Waals surface area contributed by atoms with Crippen molar-refractivity contribution in [2.75, 3.05) is 19.4 Å². The first-order chi connectivity index (χ1) is 8.56. The van der Waals surface area contributed by atoms with Crippen LogP contribution in [0.3, 0.4) is 0 Å². The zero-order valence-electron chi connectivity index (χ0n) is 10.3. The van der Waals surface area contributed by atoms with Crippen molar-refractivity contribution < 1.29 is 14.1 Å². The molecule has 5 heteroatoms. The van der Waals surface area contributed by atoms with Gasteiger partial charge in [0.05, 0.1) is 6.61 Å². The van der Waals surface area contributed by atoms with Gasteiger partial charge in [0.15, 0.2) is 0 Å². The van der Waals surface area contributed by atoms with E-state index in [1.54, 1.807) is 30.5 Å². The molecule has 1 fully saturated rings. The Labute approximate surface area is 109 Å². The molecule has 18 heavy (non-hydrogen) atoms. The maximum Gasteiger partial charge on any atom is 0.251 e. The summed E-state index contributed by atoms with van der Waals surface area (Å²) in [7, 11) is -1.02. The van der Waals surface area contributed by atoms with Crippen molar-refractivity contribution in [2.45, 2.75) is 17.7 Å². The summed E-state index contributed by atoms with van der Waals surface area (Å²) in [6.07, 6.45) is 3.54. The van der Waals surface area contributed by atoms with Crippen molar-refractivity contribution in [3.63, 3.8) is 0 Å². The largest absolute Gasteiger partial charge is 0.396 e. The second kappa shape index (κ2) is 5.20. The minimum Gasteiger partial charge on any atom is -0.396 e. The predicted octanol–water partition coefficient (Wildman–Crippen LogP) is 0.926. The van der Waals surface area contributed by atoms with Gasteiger partial charge >= 0.3 is 0 Å². The molecule has 4 nitrogen and oxygen atoms in total. The number of aliphatic hydroxyl groups excluding tert-OH is 1. The number of aliphatic hydroxyl groups is 1. The van der Waals surface area contributed by atoms with E-state index >= 15 is 0 Å². The lowest BCUT2D eigenvalue weighted by Gasteiger charge is -2.12. The molecule has 1 aliphatic carbocycles. The van der Waals surface area contributed by atoms with Crippen LogP contribution in [-0.4, -0.2) is 34.6 Å². The highest BCUT2D eigenvalue weighted by atomic mass is 32.2. The molecular formula is C13H17NO3S. The Morgan fingerprint density at radius 3 is 2.44 bits per heavy atom. The van der Waals surface area contributed by atoms with E-state index in [-0.39, 0.29) is 17.9 Å². The minimum absolute atomic E-state index is 0.0828. The monoisotopic (exact) mass is 267 g/mol. The number of hydrogen-bond donors (Lipinski definition) is 2.